The first-order chi connectivity index (χ1) is 11.8. The summed E-state index contributed by atoms with van der Waals surface area (Å²) in [4.78, 5) is 1.68. The number of nitrogens with two attached hydrogens (primary N) is 1. The van der Waals surface area contributed by atoms with Crippen LogP contribution in [0.4, 0.5) is 0 Å². The molecule has 5 heteroatoms. The second-order valence-electron chi connectivity index (χ2n) is 6.06. The fourth-order valence-corrected chi connectivity index (χ4v) is 2.89. The smallest absolute Gasteiger partial charge is 0.161 e. The number of hydrogen-bond donors (Lipinski definition) is 2. The molecule has 0 aromatic heterocycles. The standard InChI is InChI=1S/C19H30N2O3/c1-3-12-24-18-7-6-17(15-19(18)23-4-2)16-20-8-5-9-21-10-13-22-14-11-21/h3,6-7,15,20H,1,4-5,8-14,16H2,2H3/p+2. The molecule has 0 amide bonds. The van der Waals surface area contributed by atoms with Crippen molar-refractivity contribution in [2.75, 3.05) is 52.6 Å². The Morgan fingerprint density at radius 1 is 1.25 bits per heavy atom. The average Bonchev–Trinajstić information content (AvgIpc) is 2.62. The van der Waals surface area contributed by atoms with Crippen molar-refractivity contribution in [3.8, 4) is 11.5 Å². The molecule has 24 heavy (non-hydrogen) atoms. The Morgan fingerprint density at radius 2 is 2.08 bits per heavy atom. The van der Waals surface area contributed by atoms with Crippen molar-refractivity contribution in [2.24, 2.45) is 0 Å². The van der Waals surface area contributed by atoms with E-state index in [4.69, 9.17) is 14.2 Å². The highest BCUT2D eigenvalue weighted by Gasteiger charge is 2.13. The highest BCUT2D eigenvalue weighted by Crippen LogP contribution is 2.28. The Morgan fingerprint density at radius 3 is 2.83 bits per heavy atom. The minimum atomic E-state index is 0.495. The van der Waals surface area contributed by atoms with Gasteiger partial charge in [-0.2, -0.15) is 0 Å². The minimum Gasteiger partial charge on any atom is -0.490 e. The summed E-state index contributed by atoms with van der Waals surface area (Å²) in [6, 6.07) is 6.20. The van der Waals surface area contributed by atoms with Gasteiger partial charge in [0.1, 0.15) is 26.2 Å². The third-order valence-electron chi connectivity index (χ3n) is 4.18. The molecule has 1 aliphatic heterocycles. The zero-order chi connectivity index (χ0) is 17.0. The quantitative estimate of drug-likeness (QED) is 0.442. The maximum atomic E-state index is 5.69. The van der Waals surface area contributed by atoms with E-state index in [1.54, 1.807) is 11.0 Å². The van der Waals surface area contributed by atoms with Gasteiger partial charge in [-0.05, 0) is 25.1 Å². The molecule has 134 valence electrons. The Hall–Kier alpha value is -1.56. The van der Waals surface area contributed by atoms with Crippen LogP contribution in [0.5, 0.6) is 11.5 Å². The molecule has 1 aromatic carbocycles. The summed E-state index contributed by atoms with van der Waals surface area (Å²) in [5.74, 6) is 1.61. The van der Waals surface area contributed by atoms with Gasteiger partial charge in [0.25, 0.3) is 0 Å². The molecule has 0 saturated carbocycles. The predicted molar refractivity (Wildman–Crippen MR) is 94.8 cm³/mol. The van der Waals surface area contributed by atoms with Crippen molar-refractivity contribution in [1.29, 1.82) is 0 Å². The van der Waals surface area contributed by atoms with E-state index in [1.807, 2.05) is 13.0 Å². The van der Waals surface area contributed by atoms with Gasteiger partial charge >= 0.3 is 0 Å². The summed E-state index contributed by atoms with van der Waals surface area (Å²) in [6.07, 6.45) is 2.99. The van der Waals surface area contributed by atoms with Gasteiger partial charge in [0, 0.05) is 12.0 Å². The third-order valence-corrected chi connectivity index (χ3v) is 4.18. The van der Waals surface area contributed by atoms with Crippen molar-refractivity contribution in [2.45, 2.75) is 19.9 Å². The van der Waals surface area contributed by atoms with Crippen LogP contribution in [-0.4, -0.2) is 52.6 Å². The lowest BCUT2D eigenvalue weighted by atomic mass is 10.2. The molecule has 0 unspecified atom stereocenters. The second-order valence-corrected chi connectivity index (χ2v) is 6.06. The SMILES string of the molecule is C=CCOc1ccc(C[NH2+]CCC[NH+]2CCOCC2)cc1OCC. The van der Waals surface area contributed by atoms with Crippen LogP contribution in [0.3, 0.4) is 0 Å². The fraction of sp³-hybridized carbons (Fsp3) is 0.579. The van der Waals surface area contributed by atoms with Crippen molar-refractivity contribution in [3.05, 3.63) is 36.4 Å². The summed E-state index contributed by atoms with van der Waals surface area (Å²) in [7, 11) is 0. The first-order valence-electron chi connectivity index (χ1n) is 9.06. The van der Waals surface area contributed by atoms with Crippen LogP contribution in [0.1, 0.15) is 18.9 Å². The Kier molecular flexibility index (Phi) is 8.66. The lowest BCUT2D eigenvalue weighted by molar-refractivity contribution is -0.909. The van der Waals surface area contributed by atoms with Gasteiger partial charge < -0.3 is 24.4 Å². The molecule has 0 atom stereocenters. The molecule has 0 radical (unpaired) electrons. The highest BCUT2D eigenvalue weighted by atomic mass is 16.5. The first-order valence-corrected chi connectivity index (χ1v) is 9.06. The number of nitrogens with one attached hydrogen (secondary N) is 1. The molecule has 1 heterocycles. The minimum absolute atomic E-state index is 0.495. The zero-order valence-corrected chi connectivity index (χ0v) is 14.9. The predicted octanol–water partition coefficient (Wildman–Crippen LogP) is 0.0187. The molecule has 0 aliphatic carbocycles. The maximum absolute atomic E-state index is 5.69. The molecule has 1 aromatic rings. The van der Waals surface area contributed by atoms with E-state index < -0.39 is 0 Å². The summed E-state index contributed by atoms with van der Waals surface area (Å²) >= 11 is 0. The molecule has 0 spiro atoms. The lowest BCUT2D eigenvalue weighted by Crippen LogP contribution is -3.14. The largest absolute Gasteiger partial charge is 0.490 e. The average molecular weight is 336 g/mol. The molecular weight excluding hydrogens is 304 g/mol. The van der Waals surface area contributed by atoms with Gasteiger partial charge in [-0.1, -0.05) is 12.7 Å². The Balaban J connectivity index is 1.72. The summed E-state index contributed by atoms with van der Waals surface area (Å²) in [5, 5.41) is 2.37. The van der Waals surface area contributed by atoms with Crippen LogP contribution in [0.2, 0.25) is 0 Å². The normalized spacial score (nSPS) is 15.2. The van der Waals surface area contributed by atoms with Crippen molar-refractivity contribution < 1.29 is 24.4 Å². The zero-order valence-electron chi connectivity index (χ0n) is 14.9. The van der Waals surface area contributed by atoms with E-state index in [9.17, 15) is 0 Å². The van der Waals surface area contributed by atoms with Crippen LogP contribution < -0.4 is 19.7 Å². The van der Waals surface area contributed by atoms with Crippen LogP contribution in [0.15, 0.2) is 30.9 Å². The summed E-state index contributed by atoms with van der Waals surface area (Å²) < 4.78 is 16.7. The van der Waals surface area contributed by atoms with Crippen LogP contribution in [-0.2, 0) is 11.3 Å². The molecule has 1 fully saturated rings. The number of quaternary nitrogens is 2. The maximum Gasteiger partial charge on any atom is 0.161 e. The molecular formula is C19H32N2O3+2. The monoisotopic (exact) mass is 336 g/mol. The molecule has 2 rings (SSSR count). The Bertz CT molecular complexity index is 488. The highest BCUT2D eigenvalue weighted by molar-refractivity contribution is 5.42. The van der Waals surface area contributed by atoms with E-state index >= 15 is 0 Å². The van der Waals surface area contributed by atoms with Crippen LogP contribution >= 0.6 is 0 Å². The van der Waals surface area contributed by atoms with Crippen molar-refractivity contribution >= 4 is 0 Å². The lowest BCUT2D eigenvalue weighted by Gasteiger charge is -2.23. The number of morpholine rings is 1. The summed E-state index contributed by atoms with van der Waals surface area (Å²) in [6.45, 7) is 14.3. The van der Waals surface area contributed by atoms with Crippen molar-refractivity contribution in [3.63, 3.8) is 0 Å². The van der Waals surface area contributed by atoms with Gasteiger partial charge in [-0.3, -0.25) is 0 Å². The molecule has 1 saturated heterocycles. The summed E-state index contributed by atoms with van der Waals surface area (Å²) in [5.41, 5.74) is 1.27. The van der Waals surface area contributed by atoms with Gasteiger partial charge in [0.05, 0.1) is 32.9 Å². The molecule has 5 nitrogen and oxygen atoms in total. The third kappa shape index (κ3) is 6.51. The van der Waals surface area contributed by atoms with Crippen LogP contribution in [0.25, 0.3) is 0 Å². The number of hydrogen-bond acceptors (Lipinski definition) is 3. The van der Waals surface area contributed by atoms with E-state index in [0.717, 1.165) is 50.9 Å². The van der Waals surface area contributed by atoms with E-state index in [0.29, 0.717) is 13.2 Å². The van der Waals surface area contributed by atoms with Crippen LogP contribution in [0, 0.1) is 0 Å². The molecule has 0 bridgehead atoms. The van der Waals surface area contributed by atoms with E-state index in [2.05, 4.69) is 24.0 Å². The van der Waals surface area contributed by atoms with Gasteiger partial charge in [-0.25, -0.2) is 0 Å². The topological polar surface area (TPSA) is 48.7 Å². The van der Waals surface area contributed by atoms with Gasteiger partial charge in [-0.15, -0.1) is 0 Å². The van der Waals surface area contributed by atoms with Gasteiger partial charge in [0.15, 0.2) is 11.5 Å². The molecule has 3 N–H and O–H groups in total. The second kappa shape index (κ2) is 11.1. The fourth-order valence-electron chi connectivity index (χ4n) is 2.89. The first kappa shape index (κ1) is 18.8. The molecule has 1 aliphatic rings. The van der Waals surface area contributed by atoms with E-state index in [-0.39, 0.29) is 0 Å². The van der Waals surface area contributed by atoms with Crippen molar-refractivity contribution in [1.82, 2.24) is 0 Å². The van der Waals surface area contributed by atoms with E-state index in [1.165, 1.54) is 18.5 Å². The van der Waals surface area contributed by atoms with Gasteiger partial charge in [0.2, 0.25) is 0 Å². The number of benzene rings is 1. The number of rotatable bonds is 11. The Labute approximate surface area is 145 Å². The number of ether oxygens (including phenoxy) is 3.